The van der Waals surface area contributed by atoms with Crippen LogP contribution in [-0.4, -0.2) is 42.4 Å². The van der Waals surface area contributed by atoms with Crippen LogP contribution < -0.4 is 5.32 Å². The van der Waals surface area contributed by atoms with E-state index in [1.807, 2.05) is 4.90 Å². The molecule has 0 aromatic heterocycles. The molecule has 1 amide bonds. The fourth-order valence-corrected chi connectivity index (χ4v) is 2.57. The van der Waals surface area contributed by atoms with Crippen LogP contribution in [0.4, 0.5) is 0 Å². The summed E-state index contributed by atoms with van der Waals surface area (Å²) in [6, 6.07) is 0.421. The number of carbonyl (C=O) groups is 1. The van der Waals surface area contributed by atoms with E-state index in [9.17, 15) is 4.79 Å². The molecule has 0 saturated carbocycles. The summed E-state index contributed by atoms with van der Waals surface area (Å²) in [4.78, 5) is 13.7. The van der Waals surface area contributed by atoms with Crippen LogP contribution >= 0.6 is 11.6 Å². The van der Waals surface area contributed by atoms with E-state index < -0.39 is 0 Å². The predicted molar refractivity (Wildman–Crippen MR) is 56.4 cm³/mol. The first-order valence-corrected chi connectivity index (χ1v) is 5.91. The minimum atomic E-state index is 0.296. The van der Waals surface area contributed by atoms with Gasteiger partial charge in [0.15, 0.2) is 0 Å². The smallest absolute Gasteiger partial charge is 0.223 e. The quantitative estimate of drug-likeness (QED) is 0.694. The average molecular weight is 217 g/mol. The highest BCUT2D eigenvalue weighted by Gasteiger charge is 2.34. The Labute approximate surface area is 89.8 Å². The number of rotatable bonds is 2. The second kappa shape index (κ2) is 4.49. The molecule has 14 heavy (non-hydrogen) atoms. The van der Waals surface area contributed by atoms with E-state index in [1.165, 1.54) is 6.42 Å². The van der Waals surface area contributed by atoms with Crippen LogP contribution in [0, 0.1) is 5.92 Å². The van der Waals surface area contributed by atoms with E-state index in [0.717, 1.165) is 26.1 Å². The summed E-state index contributed by atoms with van der Waals surface area (Å²) < 4.78 is 0. The van der Waals surface area contributed by atoms with Gasteiger partial charge in [-0.3, -0.25) is 4.79 Å². The van der Waals surface area contributed by atoms with Crippen molar-refractivity contribution in [1.29, 1.82) is 0 Å². The van der Waals surface area contributed by atoms with Crippen LogP contribution in [0.5, 0.6) is 0 Å². The molecule has 0 aliphatic carbocycles. The molecule has 0 spiro atoms. The van der Waals surface area contributed by atoms with Gasteiger partial charge in [-0.2, -0.15) is 0 Å². The van der Waals surface area contributed by atoms with Gasteiger partial charge in [-0.1, -0.05) is 0 Å². The first-order chi connectivity index (χ1) is 6.81. The SMILES string of the molecule is O=C1CC(CCl)CN1[C@@H]1CCCNC1. The lowest BCUT2D eigenvalue weighted by atomic mass is 10.1. The second-order valence-electron chi connectivity index (χ2n) is 4.27. The Hall–Kier alpha value is -0.280. The third-order valence-corrected chi connectivity index (χ3v) is 3.60. The fourth-order valence-electron chi connectivity index (χ4n) is 2.36. The van der Waals surface area contributed by atoms with Gasteiger partial charge >= 0.3 is 0 Å². The lowest BCUT2D eigenvalue weighted by molar-refractivity contribution is -0.129. The Balaban J connectivity index is 1.93. The topological polar surface area (TPSA) is 32.3 Å². The normalized spacial score (nSPS) is 33.8. The van der Waals surface area contributed by atoms with Crippen molar-refractivity contribution in [3.8, 4) is 0 Å². The first-order valence-electron chi connectivity index (χ1n) is 5.37. The molecule has 0 radical (unpaired) electrons. The van der Waals surface area contributed by atoms with E-state index in [1.54, 1.807) is 0 Å². The number of halogens is 1. The highest BCUT2D eigenvalue weighted by Crippen LogP contribution is 2.23. The van der Waals surface area contributed by atoms with Gasteiger partial charge in [0.2, 0.25) is 5.91 Å². The lowest BCUT2D eigenvalue weighted by Crippen LogP contribution is -2.46. The number of nitrogens with zero attached hydrogens (tertiary/aromatic N) is 1. The highest BCUT2D eigenvalue weighted by molar-refractivity contribution is 6.18. The van der Waals surface area contributed by atoms with Gasteiger partial charge in [-0.25, -0.2) is 0 Å². The minimum Gasteiger partial charge on any atom is -0.338 e. The summed E-state index contributed by atoms with van der Waals surface area (Å²) in [5, 5.41) is 3.34. The second-order valence-corrected chi connectivity index (χ2v) is 4.58. The van der Waals surface area contributed by atoms with Gasteiger partial charge in [-0.15, -0.1) is 11.6 Å². The van der Waals surface area contributed by atoms with Crippen molar-refractivity contribution in [3.63, 3.8) is 0 Å². The Morgan fingerprint density at radius 3 is 3.00 bits per heavy atom. The zero-order valence-electron chi connectivity index (χ0n) is 8.34. The molecular formula is C10H17ClN2O. The van der Waals surface area contributed by atoms with Crippen LogP contribution in [-0.2, 0) is 4.79 Å². The maximum absolute atomic E-state index is 11.7. The average Bonchev–Trinajstić information content (AvgIpc) is 2.61. The first kappa shape index (κ1) is 10.2. The van der Waals surface area contributed by atoms with E-state index in [4.69, 9.17) is 11.6 Å². The number of carbonyl (C=O) groups excluding carboxylic acids is 1. The summed E-state index contributed by atoms with van der Waals surface area (Å²) in [7, 11) is 0. The number of hydrogen-bond acceptors (Lipinski definition) is 2. The van der Waals surface area contributed by atoms with E-state index in [-0.39, 0.29) is 0 Å². The van der Waals surface area contributed by atoms with Crippen LogP contribution in [0.1, 0.15) is 19.3 Å². The molecule has 0 aromatic rings. The summed E-state index contributed by atoms with van der Waals surface area (Å²) in [5.74, 6) is 1.29. The van der Waals surface area contributed by atoms with Crippen LogP contribution in [0.2, 0.25) is 0 Å². The molecular weight excluding hydrogens is 200 g/mol. The Bertz CT molecular complexity index is 216. The molecule has 3 nitrogen and oxygen atoms in total. The maximum Gasteiger partial charge on any atom is 0.223 e. The molecule has 2 heterocycles. The van der Waals surface area contributed by atoms with Crippen LogP contribution in [0.3, 0.4) is 0 Å². The monoisotopic (exact) mass is 216 g/mol. The molecule has 2 atom stereocenters. The molecule has 0 aromatic carbocycles. The van der Waals surface area contributed by atoms with Crippen molar-refractivity contribution in [2.75, 3.05) is 25.5 Å². The molecule has 1 unspecified atom stereocenters. The number of likely N-dealkylation sites (tertiary alicyclic amines) is 1. The number of alkyl halides is 1. The zero-order chi connectivity index (χ0) is 9.97. The number of nitrogens with one attached hydrogen (secondary N) is 1. The molecule has 2 rings (SSSR count). The maximum atomic E-state index is 11.7. The van der Waals surface area contributed by atoms with Crippen molar-refractivity contribution in [2.45, 2.75) is 25.3 Å². The fraction of sp³-hybridized carbons (Fsp3) is 0.900. The molecule has 2 aliphatic rings. The number of piperidine rings is 1. The summed E-state index contributed by atoms with van der Waals surface area (Å²) in [6.07, 6.45) is 2.98. The van der Waals surface area contributed by atoms with Crippen molar-refractivity contribution in [3.05, 3.63) is 0 Å². The minimum absolute atomic E-state index is 0.296. The summed E-state index contributed by atoms with van der Waals surface area (Å²) in [5.41, 5.74) is 0. The summed E-state index contributed by atoms with van der Waals surface area (Å²) in [6.45, 7) is 2.92. The molecule has 2 aliphatic heterocycles. The molecule has 2 saturated heterocycles. The Morgan fingerprint density at radius 1 is 1.57 bits per heavy atom. The molecule has 2 fully saturated rings. The van der Waals surface area contributed by atoms with Crippen LogP contribution in [0.25, 0.3) is 0 Å². The Kier molecular flexibility index (Phi) is 3.29. The lowest BCUT2D eigenvalue weighted by Gasteiger charge is -2.31. The van der Waals surface area contributed by atoms with Crippen molar-refractivity contribution in [2.24, 2.45) is 5.92 Å². The molecule has 0 bridgehead atoms. The van der Waals surface area contributed by atoms with Gasteiger partial charge in [0.25, 0.3) is 0 Å². The molecule has 4 heteroatoms. The van der Waals surface area contributed by atoms with Gasteiger partial charge < -0.3 is 10.2 Å². The van der Waals surface area contributed by atoms with Gasteiger partial charge in [0.1, 0.15) is 0 Å². The Morgan fingerprint density at radius 2 is 2.43 bits per heavy atom. The van der Waals surface area contributed by atoms with Crippen molar-refractivity contribution < 1.29 is 4.79 Å². The highest BCUT2D eigenvalue weighted by atomic mass is 35.5. The standard InChI is InChI=1S/C10H17ClN2O/c11-5-8-4-10(14)13(7-8)9-2-1-3-12-6-9/h8-9,12H,1-7H2/t8?,9-/m1/s1. The third kappa shape index (κ3) is 2.04. The van der Waals surface area contributed by atoms with Crippen molar-refractivity contribution >= 4 is 17.5 Å². The zero-order valence-corrected chi connectivity index (χ0v) is 9.09. The van der Waals surface area contributed by atoms with Gasteiger partial charge in [-0.05, 0) is 25.3 Å². The van der Waals surface area contributed by atoms with E-state index in [2.05, 4.69) is 5.32 Å². The number of hydrogen-bond donors (Lipinski definition) is 1. The predicted octanol–water partition coefficient (Wildman–Crippen LogP) is 0.826. The van der Waals surface area contributed by atoms with Crippen LogP contribution in [0.15, 0.2) is 0 Å². The summed E-state index contributed by atoms with van der Waals surface area (Å²) >= 11 is 5.78. The molecule has 80 valence electrons. The molecule has 1 N–H and O–H groups in total. The largest absolute Gasteiger partial charge is 0.338 e. The third-order valence-electron chi connectivity index (χ3n) is 3.17. The van der Waals surface area contributed by atoms with Gasteiger partial charge in [0, 0.05) is 31.4 Å². The van der Waals surface area contributed by atoms with Gasteiger partial charge in [0.05, 0.1) is 0 Å². The van der Waals surface area contributed by atoms with E-state index >= 15 is 0 Å². The van der Waals surface area contributed by atoms with E-state index in [0.29, 0.717) is 30.2 Å². The number of amides is 1. The van der Waals surface area contributed by atoms with Crippen molar-refractivity contribution in [1.82, 2.24) is 10.2 Å².